The van der Waals surface area contributed by atoms with E-state index in [2.05, 4.69) is 15.0 Å². The fraction of sp³-hybridized carbons (Fsp3) is 0.429. The van der Waals surface area contributed by atoms with Crippen LogP contribution in [0.5, 0.6) is 5.75 Å². The highest BCUT2D eigenvalue weighted by Crippen LogP contribution is 2.34. The molecule has 0 unspecified atom stereocenters. The number of aromatic nitrogens is 4. The molecule has 1 fully saturated rings. The Morgan fingerprint density at radius 2 is 2.06 bits per heavy atom. The van der Waals surface area contributed by atoms with Crippen LogP contribution in [0.15, 0.2) is 36.9 Å². The van der Waals surface area contributed by atoms with Crippen LogP contribution in [0, 0.1) is 0 Å². The predicted octanol–water partition coefficient (Wildman–Crippen LogP) is 0.974. The normalized spacial score (nSPS) is 21.4. The molecule has 0 aliphatic carbocycles. The number of carbonyl (C=O) groups is 1. The molecule has 10 heteroatoms. The Bertz CT molecular complexity index is 1060. The first-order valence-corrected chi connectivity index (χ1v) is 10.3. The highest BCUT2D eigenvalue weighted by Gasteiger charge is 2.41. The van der Waals surface area contributed by atoms with Crippen molar-refractivity contribution in [2.45, 2.75) is 31.4 Å². The van der Waals surface area contributed by atoms with Gasteiger partial charge in [0.25, 0.3) is 5.91 Å². The Morgan fingerprint density at radius 1 is 1.29 bits per heavy atom. The minimum Gasteiger partial charge on any atom is -0.494 e. The number of piperidine rings is 1. The van der Waals surface area contributed by atoms with Gasteiger partial charge in [0.05, 0.1) is 24.6 Å². The molecule has 31 heavy (non-hydrogen) atoms. The lowest BCUT2D eigenvalue weighted by atomic mass is 9.88. The molecule has 3 aromatic rings. The molecule has 1 amide bonds. The number of amides is 1. The summed E-state index contributed by atoms with van der Waals surface area (Å²) in [5.74, 6) is 0.875. The van der Waals surface area contributed by atoms with Gasteiger partial charge >= 0.3 is 0 Å². The van der Waals surface area contributed by atoms with Crippen molar-refractivity contribution in [3.63, 3.8) is 0 Å². The number of ether oxygens (including phenoxy) is 1. The summed E-state index contributed by atoms with van der Waals surface area (Å²) in [5, 5.41) is 11.1. The lowest BCUT2D eigenvalue weighted by Crippen LogP contribution is -2.52. The number of nitrogen functional groups attached to an aromatic ring is 1. The lowest BCUT2D eigenvalue weighted by molar-refractivity contribution is -0.0433. The maximum absolute atomic E-state index is 13.1. The van der Waals surface area contributed by atoms with Gasteiger partial charge in [0.15, 0.2) is 11.5 Å². The molecule has 0 spiro atoms. The van der Waals surface area contributed by atoms with E-state index in [1.807, 2.05) is 0 Å². The van der Waals surface area contributed by atoms with Crippen molar-refractivity contribution in [2.75, 3.05) is 32.0 Å². The number of anilines is 1. The molecule has 0 bridgehead atoms. The average Bonchev–Trinajstić information content (AvgIpc) is 3.19. The second-order valence-corrected chi connectivity index (χ2v) is 7.97. The lowest BCUT2D eigenvalue weighted by Gasteiger charge is -2.43. The molecule has 3 heterocycles. The number of rotatable bonds is 6. The molecule has 5 N–H and O–H groups in total. The number of hydrogen-bond acceptors (Lipinski definition) is 8. The highest BCUT2D eigenvalue weighted by molar-refractivity contribution is 5.94. The zero-order valence-electron chi connectivity index (χ0n) is 17.4. The standard InChI is InChI=1S/C21H27N7O3/c1-21(30)7-9-27(20(29)14-3-5-15(6-4-14)31-10-2-8-22)11-16(21)28-13-26-17-18(23)24-12-25-19(17)28/h3-6,12-13,16,30H,2,7-11,22H2,1H3,(H2,23,24,25)/t16-,21-/m1/s1. The second kappa shape index (κ2) is 8.48. The molecule has 1 saturated heterocycles. The first kappa shape index (κ1) is 21.0. The molecule has 2 aromatic heterocycles. The van der Waals surface area contributed by atoms with E-state index in [1.54, 1.807) is 47.0 Å². The van der Waals surface area contributed by atoms with E-state index < -0.39 is 11.6 Å². The van der Waals surface area contributed by atoms with Gasteiger partial charge in [-0.05, 0) is 50.6 Å². The van der Waals surface area contributed by atoms with E-state index >= 15 is 0 Å². The molecular formula is C21H27N7O3. The Kier molecular flexibility index (Phi) is 5.75. The molecule has 0 saturated carbocycles. The van der Waals surface area contributed by atoms with Gasteiger partial charge in [-0.15, -0.1) is 0 Å². The summed E-state index contributed by atoms with van der Waals surface area (Å²) in [5.41, 5.74) is 11.9. The number of imidazole rings is 1. The van der Waals surface area contributed by atoms with Gasteiger partial charge in [0.2, 0.25) is 0 Å². The van der Waals surface area contributed by atoms with Crippen molar-refractivity contribution >= 4 is 22.9 Å². The smallest absolute Gasteiger partial charge is 0.253 e. The van der Waals surface area contributed by atoms with Crippen molar-refractivity contribution < 1.29 is 14.6 Å². The third-order valence-electron chi connectivity index (χ3n) is 5.73. The summed E-state index contributed by atoms with van der Waals surface area (Å²) in [7, 11) is 0. The van der Waals surface area contributed by atoms with E-state index in [0.29, 0.717) is 55.1 Å². The van der Waals surface area contributed by atoms with Crippen LogP contribution in [0.2, 0.25) is 0 Å². The van der Waals surface area contributed by atoms with Gasteiger partial charge in [-0.1, -0.05) is 0 Å². The number of nitrogens with two attached hydrogens (primary N) is 2. The molecular weight excluding hydrogens is 398 g/mol. The molecule has 1 aliphatic rings. The SMILES string of the molecule is C[C@@]1(O)CCN(C(=O)c2ccc(OCCCN)cc2)C[C@H]1n1cnc2c(N)ncnc21. The van der Waals surface area contributed by atoms with Crippen LogP contribution in [0.4, 0.5) is 5.82 Å². The minimum atomic E-state index is -1.04. The van der Waals surface area contributed by atoms with Crippen LogP contribution in [0.1, 0.15) is 36.2 Å². The maximum Gasteiger partial charge on any atom is 0.253 e. The molecule has 0 radical (unpaired) electrons. The summed E-state index contributed by atoms with van der Waals surface area (Å²) in [6, 6.07) is 6.64. The molecule has 164 valence electrons. The molecule has 1 aliphatic heterocycles. The second-order valence-electron chi connectivity index (χ2n) is 7.97. The van der Waals surface area contributed by atoms with Crippen molar-refractivity contribution in [1.29, 1.82) is 0 Å². The zero-order valence-corrected chi connectivity index (χ0v) is 17.4. The summed E-state index contributed by atoms with van der Waals surface area (Å²) in [4.78, 5) is 27.4. The van der Waals surface area contributed by atoms with Crippen LogP contribution < -0.4 is 16.2 Å². The van der Waals surface area contributed by atoms with Gasteiger partial charge in [-0.25, -0.2) is 15.0 Å². The van der Waals surface area contributed by atoms with E-state index in [-0.39, 0.29) is 11.7 Å². The summed E-state index contributed by atoms with van der Waals surface area (Å²) < 4.78 is 7.38. The molecule has 2 atom stereocenters. The van der Waals surface area contributed by atoms with Crippen molar-refractivity contribution in [3.8, 4) is 5.75 Å². The zero-order chi connectivity index (χ0) is 22.0. The van der Waals surface area contributed by atoms with E-state index in [9.17, 15) is 9.90 Å². The van der Waals surface area contributed by atoms with Gasteiger partial charge in [-0.2, -0.15) is 0 Å². The topological polar surface area (TPSA) is 145 Å². The van der Waals surface area contributed by atoms with Crippen LogP contribution in [0.25, 0.3) is 11.2 Å². The molecule has 4 rings (SSSR count). The molecule has 10 nitrogen and oxygen atoms in total. The summed E-state index contributed by atoms with van der Waals surface area (Å²) in [6.07, 6.45) is 4.16. The number of nitrogens with zero attached hydrogens (tertiary/aromatic N) is 5. The molecule has 1 aromatic carbocycles. The first-order chi connectivity index (χ1) is 14.9. The number of benzene rings is 1. The van der Waals surface area contributed by atoms with Crippen molar-refractivity contribution in [2.24, 2.45) is 5.73 Å². The summed E-state index contributed by atoms with van der Waals surface area (Å²) >= 11 is 0. The predicted molar refractivity (Wildman–Crippen MR) is 116 cm³/mol. The third-order valence-corrected chi connectivity index (χ3v) is 5.73. The van der Waals surface area contributed by atoms with Gasteiger partial charge in [0, 0.05) is 18.7 Å². The van der Waals surface area contributed by atoms with Gasteiger partial charge in [-0.3, -0.25) is 4.79 Å². The van der Waals surface area contributed by atoms with E-state index in [1.165, 1.54) is 6.33 Å². The van der Waals surface area contributed by atoms with E-state index in [0.717, 1.165) is 6.42 Å². The third kappa shape index (κ3) is 4.17. The number of aliphatic hydroxyl groups is 1. The number of fused-ring (bicyclic) bond motifs is 1. The Morgan fingerprint density at radius 3 is 2.81 bits per heavy atom. The quantitative estimate of drug-likeness (QED) is 0.495. The number of likely N-dealkylation sites (tertiary alicyclic amines) is 1. The Labute approximate surface area is 179 Å². The number of hydrogen-bond donors (Lipinski definition) is 3. The van der Waals surface area contributed by atoms with Crippen LogP contribution in [-0.2, 0) is 0 Å². The fourth-order valence-corrected chi connectivity index (χ4v) is 3.84. The van der Waals surface area contributed by atoms with Gasteiger partial charge < -0.3 is 30.8 Å². The largest absolute Gasteiger partial charge is 0.494 e. The number of carbonyl (C=O) groups excluding carboxylic acids is 1. The highest BCUT2D eigenvalue weighted by atomic mass is 16.5. The summed E-state index contributed by atoms with van der Waals surface area (Å²) in [6.45, 7) is 3.64. The van der Waals surface area contributed by atoms with Crippen molar-refractivity contribution in [1.82, 2.24) is 24.4 Å². The fourth-order valence-electron chi connectivity index (χ4n) is 3.84. The average molecular weight is 425 g/mol. The minimum absolute atomic E-state index is 0.104. The monoisotopic (exact) mass is 425 g/mol. The first-order valence-electron chi connectivity index (χ1n) is 10.3. The van der Waals surface area contributed by atoms with Gasteiger partial charge in [0.1, 0.15) is 17.6 Å². The van der Waals surface area contributed by atoms with E-state index in [4.69, 9.17) is 16.2 Å². The van der Waals surface area contributed by atoms with Crippen LogP contribution in [-0.4, -0.2) is 67.3 Å². The Hall–Kier alpha value is -3.24. The maximum atomic E-state index is 13.1. The van der Waals surface area contributed by atoms with Crippen LogP contribution in [0.3, 0.4) is 0 Å². The van der Waals surface area contributed by atoms with Crippen LogP contribution >= 0.6 is 0 Å². The van der Waals surface area contributed by atoms with Crippen molar-refractivity contribution in [3.05, 3.63) is 42.5 Å². The Balaban J connectivity index is 1.54.